The van der Waals surface area contributed by atoms with Gasteiger partial charge in [-0.3, -0.25) is 19.1 Å². The maximum absolute atomic E-state index is 12.2. The van der Waals surface area contributed by atoms with Crippen LogP contribution in [0, 0.1) is 0 Å². The average Bonchev–Trinajstić information content (AvgIpc) is 3.06. The van der Waals surface area contributed by atoms with Gasteiger partial charge in [-0.25, -0.2) is 4.79 Å². The Bertz CT molecular complexity index is 1070. The van der Waals surface area contributed by atoms with Crippen molar-refractivity contribution in [2.24, 2.45) is 16.5 Å². The van der Waals surface area contributed by atoms with Crippen LogP contribution in [0.2, 0.25) is 0 Å². The van der Waals surface area contributed by atoms with Crippen molar-refractivity contribution in [1.29, 1.82) is 0 Å². The van der Waals surface area contributed by atoms with Gasteiger partial charge in [-0.2, -0.15) is 0 Å². The van der Waals surface area contributed by atoms with Crippen LogP contribution in [0.15, 0.2) is 40.1 Å². The number of rotatable bonds is 13. The number of carboxylic acids is 1. The first-order chi connectivity index (χ1) is 16.2. The van der Waals surface area contributed by atoms with Gasteiger partial charge in [0.25, 0.3) is 0 Å². The number of imidazole rings is 1. The molecule has 0 fully saturated rings. The first-order valence-electron chi connectivity index (χ1n) is 10.5. The van der Waals surface area contributed by atoms with Crippen molar-refractivity contribution in [2.45, 2.75) is 38.3 Å². The molecule has 1 heterocycles. The van der Waals surface area contributed by atoms with Crippen LogP contribution in [-0.2, 0) is 33.8 Å². The molecular formula is C21H28N7O6-. The molecular weight excluding hydrogens is 446 g/mol. The molecule has 0 aliphatic heterocycles. The Morgan fingerprint density at radius 2 is 1.85 bits per heavy atom. The number of nitrogens with two attached hydrogens (primary N) is 2. The Morgan fingerprint density at radius 3 is 2.50 bits per heavy atom. The number of H-pyrrole nitrogens is 1. The summed E-state index contributed by atoms with van der Waals surface area (Å²) in [5, 5.41) is 26.2. The number of aromatic amines is 1. The number of aromatic nitrogens is 2. The lowest BCUT2D eigenvalue weighted by Gasteiger charge is -2.20. The van der Waals surface area contributed by atoms with Gasteiger partial charge in [0.1, 0.15) is 6.54 Å². The zero-order chi connectivity index (χ0) is 25.1. The molecule has 1 unspecified atom stereocenters. The van der Waals surface area contributed by atoms with E-state index < -0.39 is 48.5 Å². The van der Waals surface area contributed by atoms with Crippen LogP contribution in [0.1, 0.15) is 24.1 Å². The smallest absolute Gasteiger partial charge is 0.329 e. The van der Waals surface area contributed by atoms with E-state index in [0.717, 1.165) is 10.1 Å². The molecule has 0 spiro atoms. The van der Waals surface area contributed by atoms with Gasteiger partial charge in [-0.15, -0.1) is 0 Å². The fourth-order valence-electron chi connectivity index (χ4n) is 3.07. The van der Waals surface area contributed by atoms with Crippen molar-refractivity contribution >= 4 is 23.7 Å². The predicted molar refractivity (Wildman–Crippen MR) is 120 cm³/mol. The third-order valence-electron chi connectivity index (χ3n) is 4.82. The first-order valence-corrected chi connectivity index (χ1v) is 10.5. The molecule has 0 radical (unpaired) electrons. The molecule has 2 aromatic rings. The second kappa shape index (κ2) is 12.7. The number of nitrogens with one attached hydrogen (secondary N) is 3. The number of guanidine groups is 1. The minimum Gasteiger partial charge on any atom is -0.548 e. The number of aryl methyl sites for hydroxylation is 2. The van der Waals surface area contributed by atoms with Crippen LogP contribution in [0.25, 0.3) is 0 Å². The maximum Gasteiger partial charge on any atom is 0.329 e. The van der Waals surface area contributed by atoms with Gasteiger partial charge in [-0.1, -0.05) is 30.3 Å². The molecule has 2 amide bonds. The Morgan fingerprint density at radius 1 is 1.15 bits per heavy atom. The van der Waals surface area contributed by atoms with Gasteiger partial charge in [0.05, 0.1) is 17.7 Å². The maximum atomic E-state index is 12.2. The topological polar surface area (TPSA) is 221 Å². The summed E-state index contributed by atoms with van der Waals surface area (Å²) in [5.74, 6) is -3.33. The van der Waals surface area contributed by atoms with Crippen LogP contribution in [0.3, 0.4) is 0 Å². The zero-order valence-corrected chi connectivity index (χ0v) is 18.5. The van der Waals surface area contributed by atoms with Crippen molar-refractivity contribution in [3.05, 3.63) is 52.1 Å². The highest BCUT2D eigenvalue weighted by atomic mass is 16.4. The lowest BCUT2D eigenvalue weighted by atomic mass is 10.1. The summed E-state index contributed by atoms with van der Waals surface area (Å²) in [5.41, 5.74) is 10.9. The molecule has 0 bridgehead atoms. The van der Waals surface area contributed by atoms with E-state index >= 15 is 0 Å². The lowest BCUT2D eigenvalue weighted by Crippen LogP contribution is -2.54. The van der Waals surface area contributed by atoms with Crippen LogP contribution < -0.4 is 32.9 Å². The summed E-state index contributed by atoms with van der Waals surface area (Å²) in [7, 11) is 0. The zero-order valence-electron chi connectivity index (χ0n) is 18.5. The number of hydrogen-bond acceptors (Lipinski definition) is 7. The average molecular weight is 474 g/mol. The van der Waals surface area contributed by atoms with Crippen LogP contribution in [0.5, 0.6) is 5.88 Å². The van der Waals surface area contributed by atoms with Crippen LogP contribution in [-0.4, -0.2) is 57.5 Å². The third-order valence-corrected chi connectivity index (χ3v) is 4.82. The molecule has 1 aromatic heterocycles. The number of carboxylic acid groups (broad SMARTS) is 1. The van der Waals surface area contributed by atoms with E-state index in [4.69, 9.17) is 11.5 Å². The number of carbonyl (C=O) groups excluding carboxylic acids is 3. The number of aliphatic imine (C=N–C) groups is 1. The lowest BCUT2D eigenvalue weighted by molar-refractivity contribution is -0.308. The Hall–Kier alpha value is -4.29. The molecule has 0 saturated carbocycles. The summed E-state index contributed by atoms with van der Waals surface area (Å²) < 4.78 is 0.803. The SMILES string of the molecule is NC(N)=NCCCc1[nH]c(=O)n(CC(=O)NCC(NC(=O)CCc2ccccc2)C(=O)[O-])c1O. The third kappa shape index (κ3) is 8.33. The number of benzene rings is 1. The van der Waals surface area contributed by atoms with Gasteiger partial charge in [0, 0.05) is 19.5 Å². The summed E-state index contributed by atoms with van der Waals surface area (Å²) in [6.07, 6.45) is 1.17. The van der Waals surface area contributed by atoms with Crippen molar-refractivity contribution in [1.82, 2.24) is 20.2 Å². The highest BCUT2D eigenvalue weighted by Gasteiger charge is 2.18. The van der Waals surface area contributed by atoms with Crippen molar-refractivity contribution in [3.63, 3.8) is 0 Å². The highest BCUT2D eigenvalue weighted by molar-refractivity contribution is 5.84. The Balaban J connectivity index is 1.85. The molecule has 184 valence electrons. The molecule has 1 aromatic carbocycles. The Kier molecular flexibility index (Phi) is 9.68. The summed E-state index contributed by atoms with van der Waals surface area (Å²) in [4.78, 5) is 54.0. The molecule has 13 heteroatoms. The van der Waals surface area contributed by atoms with Gasteiger partial charge in [0.2, 0.25) is 17.7 Å². The molecule has 0 aliphatic rings. The fourth-order valence-corrected chi connectivity index (χ4v) is 3.07. The second-order valence-corrected chi connectivity index (χ2v) is 7.46. The minimum absolute atomic E-state index is 0.0559. The number of nitrogens with zero attached hydrogens (tertiary/aromatic N) is 2. The van der Waals surface area contributed by atoms with Crippen molar-refractivity contribution in [3.8, 4) is 5.88 Å². The summed E-state index contributed by atoms with van der Waals surface area (Å²) >= 11 is 0. The standard InChI is InChI=1S/C21H29N7O6/c22-20(23)24-10-4-7-14-18(31)28(21(34)27-14)12-17(30)25-11-15(19(32)33)26-16(29)9-8-13-5-2-1-3-6-13/h1-3,5-6,15,31H,4,7-12H2,(H,25,30)(H,26,29)(H,27,34)(H,32,33)(H4,22,23,24)/p-1. The first kappa shape index (κ1) is 26.0. The molecule has 2 rings (SSSR count). The van der Waals surface area contributed by atoms with E-state index in [1.54, 1.807) is 0 Å². The molecule has 8 N–H and O–H groups in total. The second-order valence-electron chi connectivity index (χ2n) is 7.46. The van der Waals surface area contributed by atoms with Crippen molar-refractivity contribution in [2.75, 3.05) is 13.1 Å². The molecule has 1 atom stereocenters. The fraction of sp³-hybridized carbons (Fsp3) is 0.381. The van der Waals surface area contributed by atoms with E-state index in [2.05, 4.69) is 20.6 Å². The predicted octanol–water partition coefficient (Wildman–Crippen LogP) is -2.93. The normalized spacial score (nSPS) is 11.4. The Labute approximate surface area is 194 Å². The van der Waals surface area contributed by atoms with E-state index in [-0.39, 0.29) is 31.0 Å². The van der Waals surface area contributed by atoms with E-state index in [1.807, 2.05) is 30.3 Å². The molecule has 0 saturated heterocycles. The van der Waals surface area contributed by atoms with Gasteiger partial charge in [0.15, 0.2) is 5.96 Å². The van der Waals surface area contributed by atoms with Crippen LogP contribution >= 0.6 is 0 Å². The van der Waals surface area contributed by atoms with Crippen LogP contribution in [0.4, 0.5) is 0 Å². The highest BCUT2D eigenvalue weighted by Crippen LogP contribution is 2.14. The monoisotopic (exact) mass is 474 g/mol. The number of aromatic hydroxyl groups is 1. The molecule has 0 aliphatic carbocycles. The van der Waals surface area contributed by atoms with Gasteiger partial charge >= 0.3 is 5.69 Å². The number of aliphatic carboxylic acids is 1. The number of carbonyl (C=O) groups is 3. The minimum atomic E-state index is -1.57. The quantitative estimate of drug-likeness (QED) is 0.0999. The van der Waals surface area contributed by atoms with E-state index in [1.165, 1.54) is 0 Å². The summed E-state index contributed by atoms with van der Waals surface area (Å²) in [6.45, 7) is -0.725. The van der Waals surface area contributed by atoms with Crippen molar-refractivity contribution < 1.29 is 24.6 Å². The number of hydrogen-bond donors (Lipinski definition) is 6. The van der Waals surface area contributed by atoms with E-state index in [9.17, 15) is 29.4 Å². The van der Waals surface area contributed by atoms with Gasteiger partial charge in [-0.05, 0) is 24.8 Å². The van der Waals surface area contributed by atoms with Gasteiger partial charge < -0.3 is 42.1 Å². The summed E-state index contributed by atoms with van der Waals surface area (Å²) in [6, 6.07) is 7.73. The molecule has 13 nitrogen and oxygen atoms in total. The number of amides is 2. The molecule has 34 heavy (non-hydrogen) atoms. The largest absolute Gasteiger partial charge is 0.548 e. The van der Waals surface area contributed by atoms with E-state index in [0.29, 0.717) is 12.8 Å².